The Labute approximate surface area is 206 Å². The first-order chi connectivity index (χ1) is 17.2. The molecule has 2 N–H and O–H groups in total. The number of carbonyl (C=O) groups excluding carboxylic acids is 1. The lowest BCUT2D eigenvalue weighted by atomic mass is 9.98. The number of aromatic amines is 1. The van der Waals surface area contributed by atoms with Crippen LogP contribution in [0.3, 0.4) is 0 Å². The molecule has 36 heavy (non-hydrogen) atoms. The minimum atomic E-state index is -3.02. The molecule has 1 amide bonds. The average molecular weight is 494 g/mol. The van der Waals surface area contributed by atoms with Gasteiger partial charge in [0.1, 0.15) is 5.75 Å². The maximum atomic E-state index is 14.1. The molecule has 0 aliphatic heterocycles. The number of aromatic nitrogens is 4. The van der Waals surface area contributed by atoms with Gasteiger partial charge in [-0.1, -0.05) is 19.1 Å². The van der Waals surface area contributed by atoms with Gasteiger partial charge in [0.25, 0.3) is 17.7 Å². The van der Waals surface area contributed by atoms with E-state index in [2.05, 4.69) is 20.3 Å². The number of hydrogen-bond acceptors (Lipinski definition) is 5. The van der Waals surface area contributed by atoms with Gasteiger partial charge in [0, 0.05) is 42.6 Å². The van der Waals surface area contributed by atoms with Crippen molar-refractivity contribution >= 4 is 11.6 Å². The Morgan fingerprint density at radius 2 is 2.00 bits per heavy atom. The summed E-state index contributed by atoms with van der Waals surface area (Å²) < 4.78 is 34.2. The van der Waals surface area contributed by atoms with Crippen LogP contribution in [-0.2, 0) is 5.92 Å². The van der Waals surface area contributed by atoms with Crippen molar-refractivity contribution in [2.75, 3.05) is 12.4 Å². The molecule has 0 radical (unpaired) electrons. The van der Waals surface area contributed by atoms with E-state index in [1.165, 1.54) is 38.3 Å². The summed E-state index contributed by atoms with van der Waals surface area (Å²) in [6, 6.07) is 8.86. The number of methoxy groups -OCH3 is 1. The highest BCUT2D eigenvalue weighted by Gasteiger charge is 2.30. The van der Waals surface area contributed by atoms with Crippen LogP contribution in [-0.4, -0.2) is 28.0 Å². The van der Waals surface area contributed by atoms with E-state index in [1.54, 1.807) is 37.6 Å². The Balaban J connectivity index is 1.72. The molecule has 2 aromatic heterocycles. The van der Waals surface area contributed by atoms with Gasteiger partial charge >= 0.3 is 0 Å². The molecule has 0 unspecified atom stereocenters. The average Bonchev–Trinajstić information content (AvgIpc) is 3.17. The maximum absolute atomic E-state index is 14.1. The van der Waals surface area contributed by atoms with Crippen molar-refractivity contribution in [3.63, 3.8) is 0 Å². The van der Waals surface area contributed by atoms with Gasteiger partial charge in [-0.3, -0.25) is 14.8 Å². The molecule has 0 aliphatic carbocycles. The van der Waals surface area contributed by atoms with E-state index in [1.807, 2.05) is 6.92 Å². The van der Waals surface area contributed by atoms with Crippen LogP contribution in [0.1, 0.15) is 40.7 Å². The lowest BCUT2D eigenvalue weighted by Gasteiger charge is -2.16. The van der Waals surface area contributed by atoms with Crippen molar-refractivity contribution in [2.45, 2.75) is 33.1 Å². The third-order valence-corrected chi connectivity index (χ3v) is 5.99. The number of ether oxygens (including phenoxy) is 1. The molecule has 0 bridgehead atoms. The number of nitrogens with one attached hydrogen (secondary N) is 2. The van der Waals surface area contributed by atoms with Crippen LogP contribution in [0.5, 0.6) is 5.75 Å². The molecule has 0 saturated carbocycles. The van der Waals surface area contributed by atoms with Crippen LogP contribution in [0.2, 0.25) is 0 Å². The van der Waals surface area contributed by atoms with Gasteiger partial charge in [-0.05, 0) is 36.8 Å². The SMILES string of the molecule is CCC(F)(F)c1cccc(NC(=O)c2c(C)[nH]c(-c3ccc(OC)c(-c4cnccn4)c3C)[n+]2[O-])c1. The fourth-order valence-electron chi connectivity index (χ4n) is 4.07. The van der Waals surface area contributed by atoms with Crippen molar-refractivity contribution in [2.24, 2.45) is 0 Å². The van der Waals surface area contributed by atoms with Gasteiger partial charge in [0.2, 0.25) is 5.69 Å². The van der Waals surface area contributed by atoms with Crippen molar-refractivity contribution < 1.29 is 23.0 Å². The zero-order chi connectivity index (χ0) is 26.0. The molecular weight excluding hydrogens is 468 g/mol. The Bertz CT molecular complexity index is 1420. The summed E-state index contributed by atoms with van der Waals surface area (Å²) in [6.45, 7) is 4.79. The van der Waals surface area contributed by atoms with E-state index >= 15 is 0 Å². The largest absolute Gasteiger partial charge is 0.710 e. The third kappa shape index (κ3) is 4.49. The molecule has 8 nitrogen and oxygen atoms in total. The second-order valence-corrected chi connectivity index (χ2v) is 8.24. The van der Waals surface area contributed by atoms with Gasteiger partial charge in [-0.25, -0.2) is 18.5 Å². The third-order valence-electron chi connectivity index (χ3n) is 5.99. The number of hydrogen-bond donors (Lipinski definition) is 2. The molecule has 0 aliphatic rings. The molecule has 2 heterocycles. The minimum Gasteiger partial charge on any atom is -0.710 e. The first-order valence-electron chi connectivity index (χ1n) is 11.2. The number of nitrogens with zero attached hydrogens (tertiary/aromatic N) is 3. The van der Waals surface area contributed by atoms with Crippen molar-refractivity contribution in [1.82, 2.24) is 15.0 Å². The molecule has 10 heteroatoms. The van der Waals surface area contributed by atoms with E-state index in [-0.39, 0.29) is 29.2 Å². The van der Waals surface area contributed by atoms with Crippen molar-refractivity contribution in [3.8, 4) is 28.4 Å². The van der Waals surface area contributed by atoms with E-state index in [0.29, 0.717) is 38.6 Å². The second-order valence-electron chi connectivity index (χ2n) is 8.24. The highest BCUT2D eigenvalue weighted by molar-refractivity contribution is 6.03. The highest BCUT2D eigenvalue weighted by atomic mass is 19.3. The summed E-state index contributed by atoms with van der Waals surface area (Å²) in [5, 5.41) is 15.9. The number of H-pyrrole nitrogens is 1. The number of carbonyl (C=O) groups is 1. The van der Waals surface area contributed by atoms with E-state index in [9.17, 15) is 18.8 Å². The van der Waals surface area contributed by atoms with E-state index < -0.39 is 11.8 Å². The molecule has 4 aromatic rings. The quantitative estimate of drug-likeness (QED) is 0.273. The standard InChI is InChI=1S/C26H25F2N5O3/c1-5-26(27,28)17-7-6-8-18(13-17)32-25(34)23-16(3)31-24(33(23)35)19-9-10-21(36-4)22(15(19)2)20-14-29-11-12-30-20/h6-14,31H,5H2,1-4H3,(H,32,34). The van der Waals surface area contributed by atoms with Gasteiger partial charge in [-0.2, -0.15) is 0 Å². The highest BCUT2D eigenvalue weighted by Crippen LogP contribution is 2.37. The van der Waals surface area contributed by atoms with E-state index in [4.69, 9.17) is 4.74 Å². The molecule has 4 rings (SSSR count). The normalized spacial score (nSPS) is 11.4. The van der Waals surface area contributed by atoms with Crippen LogP contribution in [0, 0.1) is 19.1 Å². The summed E-state index contributed by atoms with van der Waals surface area (Å²) >= 11 is 0. The summed E-state index contributed by atoms with van der Waals surface area (Å²) in [5.41, 5.74) is 2.57. The first-order valence-corrected chi connectivity index (χ1v) is 11.2. The van der Waals surface area contributed by atoms with Crippen LogP contribution < -0.4 is 14.8 Å². The number of imidazole rings is 1. The molecule has 0 spiro atoms. The van der Waals surface area contributed by atoms with Crippen LogP contribution in [0.15, 0.2) is 55.0 Å². The fraction of sp³-hybridized carbons (Fsp3) is 0.231. The predicted octanol–water partition coefficient (Wildman–Crippen LogP) is 5.15. The zero-order valence-corrected chi connectivity index (χ0v) is 20.2. The topological polar surface area (TPSA) is 107 Å². The molecule has 2 aromatic carbocycles. The van der Waals surface area contributed by atoms with E-state index in [0.717, 1.165) is 0 Å². The Morgan fingerprint density at radius 3 is 2.67 bits per heavy atom. The second kappa shape index (κ2) is 9.73. The molecule has 186 valence electrons. The molecular formula is C26H25F2N5O3. The number of benzene rings is 2. The zero-order valence-electron chi connectivity index (χ0n) is 20.2. The summed E-state index contributed by atoms with van der Waals surface area (Å²) in [6.07, 6.45) is 4.33. The van der Waals surface area contributed by atoms with Crippen LogP contribution in [0.4, 0.5) is 14.5 Å². The van der Waals surface area contributed by atoms with Crippen molar-refractivity contribution in [1.29, 1.82) is 0 Å². The van der Waals surface area contributed by atoms with Gasteiger partial charge in [0.05, 0.1) is 24.6 Å². The van der Waals surface area contributed by atoms with Crippen LogP contribution >= 0.6 is 0 Å². The molecule has 0 fully saturated rings. The number of aryl methyl sites for hydroxylation is 1. The summed E-state index contributed by atoms with van der Waals surface area (Å²) in [4.78, 5) is 24.5. The number of anilines is 1. The molecule has 0 saturated heterocycles. The lowest BCUT2D eigenvalue weighted by Crippen LogP contribution is -2.36. The maximum Gasteiger partial charge on any atom is 0.300 e. The monoisotopic (exact) mass is 493 g/mol. The lowest BCUT2D eigenvalue weighted by molar-refractivity contribution is -0.594. The predicted molar refractivity (Wildman–Crippen MR) is 131 cm³/mol. The Morgan fingerprint density at radius 1 is 1.22 bits per heavy atom. The Hall–Kier alpha value is -4.34. The number of alkyl halides is 2. The van der Waals surface area contributed by atoms with Gasteiger partial charge in [-0.15, -0.1) is 0 Å². The van der Waals surface area contributed by atoms with Gasteiger partial charge < -0.3 is 15.3 Å². The first kappa shape index (κ1) is 24.8. The minimum absolute atomic E-state index is 0.147. The van der Waals surface area contributed by atoms with Crippen molar-refractivity contribution in [3.05, 3.63) is 82.7 Å². The Kier molecular flexibility index (Phi) is 6.69. The smallest absolute Gasteiger partial charge is 0.300 e. The van der Waals surface area contributed by atoms with Gasteiger partial charge in [0.15, 0.2) is 5.69 Å². The number of rotatable bonds is 7. The van der Waals surface area contributed by atoms with Crippen LogP contribution in [0.25, 0.3) is 22.6 Å². The summed E-state index contributed by atoms with van der Waals surface area (Å²) in [5.74, 6) is -3.04. The number of amides is 1. The molecule has 0 atom stereocenters. The fourth-order valence-corrected chi connectivity index (χ4v) is 4.07. The number of halogens is 2. The summed E-state index contributed by atoms with van der Waals surface area (Å²) in [7, 11) is 1.54.